The van der Waals surface area contributed by atoms with Crippen molar-refractivity contribution in [2.45, 2.75) is 32.7 Å². The quantitative estimate of drug-likeness (QED) is 0.749. The number of benzene rings is 1. The van der Waals surface area contributed by atoms with Gasteiger partial charge in [-0.3, -0.25) is 4.79 Å². The van der Waals surface area contributed by atoms with Gasteiger partial charge in [0, 0.05) is 12.1 Å². The van der Waals surface area contributed by atoms with Crippen molar-refractivity contribution < 1.29 is 14.3 Å². The molecule has 0 radical (unpaired) electrons. The molecular formula is C17H22N2O3. The predicted molar refractivity (Wildman–Crippen MR) is 85.6 cm³/mol. The Morgan fingerprint density at radius 1 is 1.36 bits per heavy atom. The summed E-state index contributed by atoms with van der Waals surface area (Å²) in [7, 11) is 1.53. The van der Waals surface area contributed by atoms with Crippen LogP contribution in [0.5, 0.6) is 11.5 Å². The lowest BCUT2D eigenvalue weighted by Gasteiger charge is -2.12. The molecule has 1 amide bonds. The lowest BCUT2D eigenvalue weighted by atomic mass is 10.1. The first-order chi connectivity index (χ1) is 10.6. The third-order valence-electron chi connectivity index (χ3n) is 3.24. The summed E-state index contributed by atoms with van der Waals surface area (Å²) in [5.74, 6) is 0.915. The third-order valence-corrected chi connectivity index (χ3v) is 3.24. The van der Waals surface area contributed by atoms with Gasteiger partial charge in [-0.2, -0.15) is 5.26 Å². The number of hydrogen-bond donors (Lipinski definition) is 1. The third kappa shape index (κ3) is 5.49. The van der Waals surface area contributed by atoms with Crippen LogP contribution in [0, 0.1) is 11.3 Å². The zero-order valence-corrected chi connectivity index (χ0v) is 13.3. The van der Waals surface area contributed by atoms with E-state index in [0.717, 1.165) is 18.4 Å². The second-order valence-corrected chi connectivity index (χ2v) is 4.71. The molecule has 0 aliphatic rings. The molecule has 1 rings (SSSR count). The van der Waals surface area contributed by atoms with Crippen LogP contribution in [-0.4, -0.2) is 25.7 Å². The van der Waals surface area contributed by atoms with Crippen molar-refractivity contribution >= 4 is 12.0 Å². The summed E-state index contributed by atoms with van der Waals surface area (Å²) in [6.45, 7) is 4.05. The molecule has 0 atom stereocenters. The summed E-state index contributed by atoms with van der Waals surface area (Å²) in [6, 6.07) is 7.39. The minimum absolute atomic E-state index is 0.0383. The molecule has 0 bridgehead atoms. The molecule has 1 N–H and O–H groups in total. The lowest BCUT2D eigenvalue weighted by molar-refractivity contribution is -0.117. The fourth-order valence-corrected chi connectivity index (χ4v) is 1.93. The Labute approximate surface area is 131 Å². The highest BCUT2D eigenvalue weighted by Gasteiger charge is 2.06. The van der Waals surface area contributed by atoms with Crippen molar-refractivity contribution in [2.75, 3.05) is 13.7 Å². The molecule has 0 aliphatic heterocycles. The van der Waals surface area contributed by atoms with E-state index in [0.29, 0.717) is 11.5 Å². The van der Waals surface area contributed by atoms with E-state index in [1.54, 1.807) is 24.3 Å². The van der Waals surface area contributed by atoms with Gasteiger partial charge in [-0.05, 0) is 36.6 Å². The Morgan fingerprint density at radius 3 is 2.68 bits per heavy atom. The SMILES string of the molecule is CCC(CC)NC(=O)C=Cc1ccc(OCC#N)c(OC)c1. The molecular weight excluding hydrogens is 280 g/mol. The molecule has 0 spiro atoms. The van der Waals surface area contributed by atoms with E-state index in [1.165, 1.54) is 13.2 Å². The molecule has 118 valence electrons. The summed E-state index contributed by atoms with van der Waals surface area (Å²) in [5.41, 5.74) is 0.820. The van der Waals surface area contributed by atoms with Crippen LogP contribution >= 0.6 is 0 Å². The first-order valence-electron chi connectivity index (χ1n) is 7.30. The number of carbonyl (C=O) groups is 1. The first kappa shape index (κ1) is 17.6. The van der Waals surface area contributed by atoms with E-state index in [9.17, 15) is 4.79 Å². The normalized spacial score (nSPS) is 10.5. The average molecular weight is 302 g/mol. The standard InChI is InChI=1S/C17H22N2O3/c1-4-14(5-2)19-17(20)9-7-13-6-8-15(22-11-10-18)16(12-13)21-3/h6-9,12,14H,4-5,11H2,1-3H3,(H,19,20). The van der Waals surface area contributed by atoms with Crippen LogP contribution in [0.1, 0.15) is 32.3 Å². The smallest absolute Gasteiger partial charge is 0.244 e. The van der Waals surface area contributed by atoms with Crippen LogP contribution in [0.15, 0.2) is 24.3 Å². The second-order valence-electron chi connectivity index (χ2n) is 4.71. The number of rotatable bonds is 8. The number of ether oxygens (including phenoxy) is 2. The monoisotopic (exact) mass is 302 g/mol. The van der Waals surface area contributed by atoms with Crippen LogP contribution in [-0.2, 0) is 4.79 Å². The fraction of sp³-hybridized carbons (Fsp3) is 0.412. The van der Waals surface area contributed by atoms with E-state index in [-0.39, 0.29) is 18.6 Å². The van der Waals surface area contributed by atoms with Crippen LogP contribution in [0.4, 0.5) is 0 Å². The van der Waals surface area contributed by atoms with Gasteiger partial charge < -0.3 is 14.8 Å². The molecule has 5 heteroatoms. The van der Waals surface area contributed by atoms with Crippen molar-refractivity contribution in [3.05, 3.63) is 29.8 Å². The van der Waals surface area contributed by atoms with Gasteiger partial charge in [0.25, 0.3) is 0 Å². The van der Waals surface area contributed by atoms with E-state index < -0.39 is 0 Å². The van der Waals surface area contributed by atoms with E-state index in [1.807, 2.05) is 19.9 Å². The summed E-state index contributed by atoms with van der Waals surface area (Å²) in [4.78, 5) is 11.8. The number of hydrogen-bond acceptors (Lipinski definition) is 4. The number of nitrogens with one attached hydrogen (secondary N) is 1. The van der Waals surface area contributed by atoms with Gasteiger partial charge in [-0.15, -0.1) is 0 Å². The summed E-state index contributed by atoms with van der Waals surface area (Å²) in [5, 5.41) is 11.5. The number of amides is 1. The minimum Gasteiger partial charge on any atom is -0.493 e. The molecule has 1 aromatic rings. The topological polar surface area (TPSA) is 71.3 Å². The highest BCUT2D eigenvalue weighted by atomic mass is 16.5. The Balaban J connectivity index is 2.75. The summed E-state index contributed by atoms with van der Waals surface area (Å²) < 4.78 is 10.5. The molecule has 0 saturated heterocycles. The molecule has 0 aromatic heterocycles. The summed E-state index contributed by atoms with van der Waals surface area (Å²) in [6.07, 6.45) is 5.04. The number of carbonyl (C=O) groups excluding carboxylic acids is 1. The average Bonchev–Trinajstić information content (AvgIpc) is 2.56. The van der Waals surface area contributed by atoms with E-state index in [4.69, 9.17) is 14.7 Å². The number of nitrogens with zero attached hydrogens (tertiary/aromatic N) is 1. The molecule has 0 fully saturated rings. The molecule has 5 nitrogen and oxygen atoms in total. The molecule has 0 aliphatic carbocycles. The molecule has 0 heterocycles. The van der Waals surface area contributed by atoms with Gasteiger partial charge in [0.15, 0.2) is 18.1 Å². The zero-order valence-electron chi connectivity index (χ0n) is 13.3. The van der Waals surface area contributed by atoms with Gasteiger partial charge in [0.05, 0.1) is 7.11 Å². The van der Waals surface area contributed by atoms with E-state index >= 15 is 0 Å². The second kappa shape index (κ2) is 9.46. The highest BCUT2D eigenvalue weighted by molar-refractivity contribution is 5.92. The number of nitriles is 1. The maximum atomic E-state index is 11.8. The number of methoxy groups -OCH3 is 1. The minimum atomic E-state index is -0.113. The maximum absolute atomic E-state index is 11.8. The Kier molecular flexibility index (Phi) is 7.55. The van der Waals surface area contributed by atoms with Crippen LogP contribution in [0.25, 0.3) is 6.08 Å². The van der Waals surface area contributed by atoms with Crippen LogP contribution in [0.3, 0.4) is 0 Å². The Morgan fingerprint density at radius 2 is 2.09 bits per heavy atom. The molecule has 22 heavy (non-hydrogen) atoms. The van der Waals surface area contributed by atoms with Gasteiger partial charge in [0.1, 0.15) is 6.07 Å². The van der Waals surface area contributed by atoms with Gasteiger partial charge in [-0.1, -0.05) is 19.9 Å². The largest absolute Gasteiger partial charge is 0.493 e. The van der Waals surface area contributed by atoms with Crippen molar-refractivity contribution in [1.82, 2.24) is 5.32 Å². The van der Waals surface area contributed by atoms with Crippen LogP contribution in [0.2, 0.25) is 0 Å². The summed E-state index contributed by atoms with van der Waals surface area (Å²) >= 11 is 0. The zero-order chi connectivity index (χ0) is 16.4. The van der Waals surface area contributed by atoms with Gasteiger partial charge in [0.2, 0.25) is 5.91 Å². The predicted octanol–water partition coefficient (Wildman–Crippen LogP) is 2.92. The highest BCUT2D eigenvalue weighted by Crippen LogP contribution is 2.28. The van der Waals surface area contributed by atoms with E-state index in [2.05, 4.69) is 5.32 Å². The van der Waals surface area contributed by atoms with Crippen molar-refractivity contribution in [2.24, 2.45) is 0 Å². The van der Waals surface area contributed by atoms with Crippen molar-refractivity contribution in [3.8, 4) is 17.6 Å². The lowest BCUT2D eigenvalue weighted by Crippen LogP contribution is -2.32. The molecule has 0 saturated carbocycles. The van der Waals surface area contributed by atoms with Crippen LogP contribution < -0.4 is 14.8 Å². The molecule has 0 unspecified atom stereocenters. The molecule has 1 aromatic carbocycles. The van der Waals surface area contributed by atoms with Crippen molar-refractivity contribution in [3.63, 3.8) is 0 Å². The van der Waals surface area contributed by atoms with Crippen molar-refractivity contribution in [1.29, 1.82) is 5.26 Å². The fourth-order valence-electron chi connectivity index (χ4n) is 1.93. The Hall–Kier alpha value is -2.48. The van der Waals surface area contributed by atoms with Gasteiger partial charge >= 0.3 is 0 Å². The first-order valence-corrected chi connectivity index (χ1v) is 7.30. The maximum Gasteiger partial charge on any atom is 0.244 e. The Bertz CT molecular complexity index is 558. The van der Waals surface area contributed by atoms with Gasteiger partial charge in [-0.25, -0.2) is 0 Å².